The van der Waals surface area contributed by atoms with E-state index in [-0.39, 0.29) is 40.8 Å². The molecule has 1 fully saturated rings. The number of rotatable bonds is 3. The Kier molecular flexibility index (Phi) is 4.31. The van der Waals surface area contributed by atoms with Crippen molar-refractivity contribution in [3.63, 3.8) is 0 Å². The number of nitrogens with zero attached hydrogens (tertiary/aromatic N) is 1. The molecule has 0 spiro atoms. The highest BCUT2D eigenvalue weighted by Crippen LogP contribution is 2.43. The number of hydrogen-bond acceptors (Lipinski definition) is 2. The van der Waals surface area contributed by atoms with Crippen molar-refractivity contribution in [3.05, 3.63) is 87.2 Å². The molecule has 2 heterocycles. The summed E-state index contributed by atoms with van der Waals surface area (Å²) >= 11 is 0. The van der Waals surface area contributed by atoms with Crippen molar-refractivity contribution in [1.82, 2.24) is 9.88 Å². The zero-order valence-electron chi connectivity index (χ0n) is 16.4. The number of aryl methyl sites for hydroxylation is 1. The molecule has 1 aromatic heterocycles. The van der Waals surface area contributed by atoms with Gasteiger partial charge in [-0.1, -0.05) is 30.3 Å². The summed E-state index contributed by atoms with van der Waals surface area (Å²) in [4.78, 5) is 29.6. The Balaban J connectivity index is 1.40. The molecule has 1 N–H and O–H groups in total. The molecule has 0 saturated carbocycles. The van der Waals surface area contributed by atoms with E-state index >= 15 is 0 Å². The lowest BCUT2D eigenvalue weighted by molar-refractivity contribution is -0.130. The van der Waals surface area contributed by atoms with Gasteiger partial charge in [0.2, 0.25) is 5.91 Å². The van der Waals surface area contributed by atoms with Gasteiger partial charge >= 0.3 is 0 Å². The predicted molar refractivity (Wildman–Crippen MR) is 111 cm³/mol. The maximum Gasteiger partial charge on any atom is 0.252 e. The lowest BCUT2D eigenvalue weighted by Crippen LogP contribution is -2.38. The zero-order valence-corrected chi connectivity index (χ0v) is 16.4. The van der Waals surface area contributed by atoms with Crippen LogP contribution in [0.5, 0.6) is 0 Å². The minimum absolute atomic E-state index is 0.00539. The van der Waals surface area contributed by atoms with Crippen LogP contribution < -0.4 is 5.56 Å². The van der Waals surface area contributed by atoms with Crippen molar-refractivity contribution in [2.45, 2.75) is 25.8 Å². The maximum atomic E-state index is 14.1. The van der Waals surface area contributed by atoms with Crippen LogP contribution in [0.4, 0.5) is 8.78 Å². The van der Waals surface area contributed by atoms with E-state index in [1.807, 2.05) is 12.1 Å². The molecule has 2 bridgehead atoms. The van der Waals surface area contributed by atoms with Gasteiger partial charge in [-0.05, 0) is 48.2 Å². The van der Waals surface area contributed by atoms with Crippen molar-refractivity contribution < 1.29 is 13.6 Å². The number of halogens is 2. The average Bonchev–Trinajstić information content (AvgIpc) is 3.33. The third-order valence-corrected chi connectivity index (χ3v) is 6.26. The summed E-state index contributed by atoms with van der Waals surface area (Å²) in [5.41, 5.74) is 3.61. The van der Waals surface area contributed by atoms with Crippen LogP contribution in [0.2, 0.25) is 0 Å². The number of carbonyl (C=O) groups excluding carboxylic acids is 1. The number of aromatic amines is 1. The Morgan fingerprint density at radius 1 is 1.20 bits per heavy atom. The van der Waals surface area contributed by atoms with Crippen LogP contribution >= 0.6 is 0 Å². The van der Waals surface area contributed by atoms with Crippen molar-refractivity contribution >= 4 is 22.4 Å². The summed E-state index contributed by atoms with van der Waals surface area (Å²) in [5.74, 6) is -1.91. The normalized spacial score (nSPS) is 20.1. The summed E-state index contributed by atoms with van der Waals surface area (Å²) in [5, 5.41) is -0.0259. The van der Waals surface area contributed by atoms with E-state index in [2.05, 4.69) is 30.1 Å². The van der Waals surface area contributed by atoms with Gasteiger partial charge in [0.1, 0.15) is 0 Å². The second-order valence-electron chi connectivity index (χ2n) is 8.11. The number of carbonyl (C=O) groups is 1. The molecule has 2 atom stereocenters. The fourth-order valence-electron chi connectivity index (χ4n) is 4.74. The molecule has 2 unspecified atom stereocenters. The van der Waals surface area contributed by atoms with Gasteiger partial charge in [0.15, 0.2) is 11.6 Å². The fraction of sp³-hybridized carbons (Fsp3) is 0.250. The molecular formula is C24H20F2N2O2. The van der Waals surface area contributed by atoms with Crippen LogP contribution in [0, 0.1) is 24.5 Å². The number of fused-ring (bicyclic) bond motifs is 3. The van der Waals surface area contributed by atoms with E-state index in [0.717, 1.165) is 12.5 Å². The lowest BCUT2D eigenvalue weighted by Gasteiger charge is -2.27. The first-order valence-corrected chi connectivity index (χ1v) is 9.99. The third-order valence-electron chi connectivity index (χ3n) is 6.26. The number of hydrogen-bond donors (Lipinski definition) is 1. The van der Waals surface area contributed by atoms with Crippen LogP contribution in [-0.4, -0.2) is 28.4 Å². The van der Waals surface area contributed by atoms with Crippen LogP contribution in [-0.2, 0) is 11.2 Å². The maximum absolute atomic E-state index is 14.1. The molecule has 3 aromatic rings. The molecule has 30 heavy (non-hydrogen) atoms. The molecule has 2 aromatic carbocycles. The first kappa shape index (κ1) is 18.7. The monoisotopic (exact) mass is 406 g/mol. The zero-order chi connectivity index (χ0) is 21.0. The van der Waals surface area contributed by atoms with Crippen molar-refractivity contribution in [1.29, 1.82) is 0 Å². The van der Waals surface area contributed by atoms with Gasteiger partial charge in [0.25, 0.3) is 5.56 Å². The van der Waals surface area contributed by atoms with Gasteiger partial charge in [0, 0.05) is 23.4 Å². The number of pyridine rings is 1. The van der Waals surface area contributed by atoms with Crippen molar-refractivity contribution in [2.24, 2.45) is 5.92 Å². The van der Waals surface area contributed by atoms with E-state index in [9.17, 15) is 18.4 Å². The Hall–Kier alpha value is -3.28. The highest BCUT2D eigenvalue weighted by atomic mass is 19.2. The topological polar surface area (TPSA) is 53.2 Å². The molecule has 1 aliphatic heterocycles. The predicted octanol–water partition coefficient (Wildman–Crippen LogP) is 3.97. The summed E-state index contributed by atoms with van der Waals surface area (Å²) < 4.78 is 27.7. The Morgan fingerprint density at radius 3 is 2.73 bits per heavy atom. The molecule has 1 saturated heterocycles. The first-order valence-electron chi connectivity index (χ1n) is 9.99. The SMILES string of the molecule is Cc1ccccc1C1=CC2CC1CN2C(=O)Cc1cc2c(F)c(F)ccc2[nH]c1=O. The van der Waals surface area contributed by atoms with Crippen molar-refractivity contribution in [3.8, 4) is 0 Å². The smallest absolute Gasteiger partial charge is 0.252 e. The van der Waals surface area contributed by atoms with E-state index < -0.39 is 17.2 Å². The molecular weight excluding hydrogens is 386 g/mol. The van der Waals surface area contributed by atoms with Gasteiger partial charge in [-0.15, -0.1) is 0 Å². The number of aromatic nitrogens is 1. The molecule has 2 aliphatic rings. The highest BCUT2D eigenvalue weighted by molar-refractivity contribution is 5.85. The second kappa shape index (κ2) is 6.90. The number of amides is 1. The number of nitrogens with one attached hydrogen (secondary N) is 1. The standard InChI is InChI=1S/C24H20F2N2O2/c1-13-4-2-3-5-17(13)18-11-16-8-15(18)12-28(16)22(29)10-14-9-19-21(27-24(14)30)7-6-20(25)23(19)26/h2-7,9,11,15-16H,8,10,12H2,1H3,(H,27,30). The Morgan fingerprint density at radius 2 is 2.00 bits per heavy atom. The summed E-state index contributed by atoms with van der Waals surface area (Å²) in [7, 11) is 0. The summed E-state index contributed by atoms with van der Waals surface area (Å²) in [6, 6.07) is 11.8. The summed E-state index contributed by atoms with van der Waals surface area (Å²) in [6.07, 6.45) is 2.88. The molecule has 4 nitrogen and oxygen atoms in total. The van der Waals surface area contributed by atoms with E-state index in [0.29, 0.717) is 6.54 Å². The summed E-state index contributed by atoms with van der Waals surface area (Å²) in [6.45, 7) is 2.69. The molecule has 152 valence electrons. The third kappa shape index (κ3) is 2.95. The molecule has 1 amide bonds. The molecule has 0 radical (unpaired) electrons. The van der Waals surface area contributed by atoms with Crippen LogP contribution in [0.25, 0.3) is 16.5 Å². The van der Waals surface area contributed by atoms with Gasteiger partial charge in [-0.3, -0.25) is 9.59 Å². The fourth-order valence-corrected chi connectivity index (χ4v) is 4.74. The van der Waals surface area contributed by atoms with E-state index in [1.54, 1.807) is 4.90 Å². The molecule has 6 heteroatoms. The Bertz CT molecular complexity index is 1280. The minimum Gasteiger partial charge on any atom is -0.335 e. The largest absolute Gasteiger partial charge is 0.335 e. The first-order chi connectivity index (χ1) is 14.4. The average molecular weight is 406 g/mol. The lowest BCUT2D eigenvalue weighted by atomic mass is 9.92. The Labute approximate surface area is 171 Å². The molecule has 1 aliphatic carbocycles. The van der Waals surface area contributed by atoms with Crippen LogP contribution in [0.3, 0.4) is 0 Å². The van der Waals surface area contributed by atoms with E-state index in [1.165, 1.54) is 28.8 Å². The number of likely N-dealkylation sites (tertiary alicyclic amines) is 1. The van der Waals surface area contributed by atoms with Crippen LogP contribution in [0.1, 0.15) is 23.1 Å². The van der Waals surface area contributed by atoms with Crippen molar-refractivity contribution in [2.75, 3.05) is 6.54 Å². The molecule has 5 rings (SSSR count). The van der Waals surface area contributed by atoms with Gasteiger partial charge in [-0.2, -0.15) is 0 Å². The highest BCUT2D eigenvalue weighted by Gasteiger charge is 2.41. The number of H-pyrrole nitrogens is 1. The minimum atomic E-state index is -1.02. The van der Waals surface area contributed by atoms with Gasteiger partial charge in [0.05, 0.1) is 18.0 Å². The second-order valence-corrected chi connectivity index (χ2v) is 8.11. The van der Waals surface area contributed by atoms with Gasteiger partial charge in [-0.25, -0.2) is 8.78 Å². The quantitative estimate of drug-likeness (QED) is 0.716. The van der Waals surface area contributed by atoms with E-state index in [4.69, 9.17) is 0 Å². The number of benzene rings is 2. The van der Waals surface area contributed by atoms with Gasteiger partial charge < -0.3 is 9.88 Å². The van der Waals surface area contributed by atoms with Crippen LogP contribution in [0.15, 0.2) is 53.3 Å².